The maximum absolute atomic E-state index is 12.7. The smallest absolute Gasteiger partial charge is 0.310 e. The van der Waals surface area contributed by atoms with E-state index in [0.29, 0.717) is 12.8 Å². The zero-order chi connectivity index (χ0) is 15.7. The SMILES string of the molecule is O=C(CC1(C(=O)O)CCC1)N1CCCC1c1ccc(Br)cc1. The number of likely N-dealkylation sites (tertiary alicyclic amines) is 1. The van der Waals surface area contributed by atoms with Gasteiger partial charge in [0.25, 0.3) is 0 Å². The molecule has 118 valence electrons. The van der Waals surface area contributed by atoms with E-state index in [9.17, 15) is 14.7 Å². The summed E-state index contributed by atoms with van der Waals surface area (Å²) in [6.07, 6.45) is 4.25. The van der Waals surface area contributed by atoms with Crippen molar-refractivity contribution in [1.82, 2.24) is 4.90 Å². The van der Waals surface area contributed by atoms with Gasteiger partial charge in [-0.1, -0.05) is 34.5 Å². The predicted octanol–water partition coefficient (Wildman–Crippen LogP) is 3.76. The van der Waals surface area contributed by atoms with Crippen LogP contribution in [0.1, 0.15) is 50.1 Å². The lowest BCUT2D eigenvalue weighted by Gasteiger charge is -2.38. The number of rotatable bonds is 4. The van der Waals surface area contributed by atoms with Crippen molar-refractivity contribution in [2.24, 2.45) is 5.41 Å². The fourth-order valence-corrected chi connectivity index (χ4v) is 3.82. The highest BCUT2D eigenvalue weighted by Gasteiger charge is 2.47. The molecule has 1 aromatic rings. The number of hydrogen-bond acceptors (Lipinski definition) is 2. The summed E-state index contributed by atoms with van der Waals surface area (Å²) in [6.45, 7) is 0.731. The van der Waals surface area contributed by atoms with Gasteiger partial charge in [-0.2, -0.15) is 0 Å². The van der Waals surface area contributed by atoms with E-state index in [0.717, 1.165) is 35.8 Å². The molecule has 0 radical (unpaired) electrons. The van der Waals surface area contributed by atoms with Crippen LogP contribution in [0.2, 0.25) is 0 Å². The van der Waals surface area contributed by atoms with Gasteiger partial charge in [0.2, 0.25) is 5.91 Å². The molecular weight excluding hydrogens is 346 g/mol. The molecule has 1 aromatic carbocycles. The molecule has 1 saturated carbocycles. The van der Waals surface area contributed by atoms with Gasteiger partial charge in [-0.15, -0.1) is 0 Å². The van der Waals surface area contributed by atoms with Gasteiger partial charge in [0.05, 0.1) is 11.5 Å². The molecule has 1 unspecified atom stereocenters. The summed E-state index contributed by atoms with van der Waals surface area (Å²) in [6, 6.07) is 8.14. The molecule has 0 bridgehead atoms. The number of carbonyl (C=O) groups is 2. The van der Waals surface area contributed by atoms with Crippen LogP contribution in [0.25, 0.3) is 0 Å². The number of aliphatic carboxylic acids is 1. The number of carboxylic acids is 1. The molecule has 2 aliphatic rings. The van der Waals surface area contributed by atoms with E-state index in [1.165, 1.54) is 0 Å². The van der Waals surface area contributed by atoms with Crippen molar-refractivity contribution in [3.63, 3.8) is 0 Å². The van der Waals surface area contributed by atoms with Crippen molar-refractivity contribution in [2.75, 3.05) is 6.54 Å². The van der Waals surface area contributed by atoms with Crippen LogP contribution in [0.5, 0.6) is 0 Å². The average molecular weight is 366 g/mol. The minimum Gasteiger partial charge on any atom is -0.481 e. The monoisotopic (exact) mass is 365 g/mol. The van der Waals surface area contributed by atoms with E-state index in [1.807, 2.05) is 29.2 Å². The van der Waals surface area contributed by atoms with Gasteiger partial charge in [-0.25, -0.2) is 0 Å². The van der Waals surface area contributed by atoms with Crippen LogP contribution in [0.3, 0.4) is 0 Å². The van der Waals surface area contributed by atoms with Crippen LogP contribution in [0, 0.1) is 5.41 Å². The lowest BCUT2D eigenvalue weighted by Crippen LogP contribution is -2.43. The summed E-state index contributed by atoms with van der Waals surface area (Å²) in [5.74, 6) is -0.820. The maximum atomic E-state index is 12.7. The number of carboxylic acid groups (broad SMARTS) is 1. The normalized spacial score (nSPS) is 23.1. The van der Waals surface area contributed by atoms with Crippen LogP contribution in [0.15, 0.2) is 28.7 Å². The number of halogens is 1. The van der Waals surface area contributed by atoms with Crippen molar-refractivity contribution in [1.29, 1.82) is 0 Å². The van der Waals surface area contributed by atoms with Gasteiger partial charge in [-0.3, -0.25) is 9.59 Å². The molecule has 2 fully saturated rings. The van der Waals surface area contributed by atoms with Crippen molar-refractivity contribution < 1.29 is 14.7 Å². The van der Waals surface area contributed by atoms with Crippen molar-refractivity contribution in [3.05, 3.63) is 34.3 Å². The quantitative estimate of drug-likeness (QED) is 0.883. The first kappa shape index (κ1) is 15.5. The van der Waals surface area contributed by atoms with E-state index in [4.69, 9.17) is 0 Å². The van der Waals surface area contributed by atoms with Gasteiger partial charge in [0.1, 0.15) is 0 Å². The van der Waals surface area contributed by atoms with Crippen molar-refractivity contribution in [3.8, 4) is 0 Å². The standard InChI is InChI=1S/C17H20BrNO3/c18-13-6-4-12(5-7-13)14-3-1-10-19(14)15(20)11-17(16(21)22)8-2-9-17/h4-7,14H,1-3,8-11H2,(H,21,22). The third kappa shape index (κ3) is 2.78. The Morgan fingerprint density at radius 2 is 1.91 bits per heavy atom. The number of amides is 1. The highest BCUT2D eigenvalue weighted by Crippen LogP contribution is 2.45. The summed E-state index contributed by atoms with van der Waals surface area (Å²) >= 11 is 3.42. The summed E-state index contributed by atoms with van der Waals surface area (Å²) in [5, 5.41) is 9.41. The van der Waals surface area contributed by atoms with Crippen LogP contribution in [-0.4, -0.2) is 28.4 Å². The Balaban J connectivity index is 1.74. The first-order chi connectivity index (χ1) is 10.5. The van der Waals surface area contributed by atoms with Gasteiger partial charge in [-0.05, 0) is 43.4 Å². The van der Waals surface area contributed by atoms with Gasteiger partial charge >= 0.3 is 5.97 Å². The molecule has 1 amide bonds. The average Bonchev–Trinajstić information content (AvgIpc) is 2.92. The summed E-state index contributed by atoms with van der Waals surface area (Å²) in [5.41, 5.74) is 0.330. The fraction of sp³-hybridized carbons (Fsp3) is 0.529. The Morgan fingerprint density at radius 1 is 1.23 bits per heavy atom. The molecule has 3 rings (SSSR count). The Kier molecular flexibility index (Phi) is 4.26. The molecule has 1 saturated heterocycles. The van der Waals surface area contributed by atoms with Crippen molar-refractivity contribution in [2.45, 2.75) is 44.6 Å². The molecule has 0 spiro atoms. The maximum Gasteiger partial charge on any atom is 0.310 e. The topological polar surface area (TPSA) is 57.6 Å². The molecule has 1 heterocycles. The lowest BCUT2D eigenvalue weighted by atomic mass is 9.66. The third-order valence-corrected chi connectivity index (χ3v) is 5.61. The minimum absolute atomic E-state index is 0.00693. The Bertz CT molecular complexity index is 580. The Hall–Kier alpha value is -1.36. The van der Waals surface area contributed by atoms with Crippen LogP contribution < -0.4 is 0 Å². The summed E-state index contributed by atoms with van der Waals surface area (Å²) in [4.78, 5) is 26.0. The van der Waals surface area contributed by atoms with Crippen LogP contribution in [0.4, 0.5) is 0 Å². The molecule has 1 aliphatic heterocycles. The van der Waals surface area contributed by atoms with Gasteiger partial charge in [0.15, 0.2) is 0 Å². The number of hydrogen-bond donors (Lipinski definition) is 1. The summed E-state index contributed by atoms with van der Waals surface area (Å²) < 4.78 is 1.02. The van der Waals surface area contributed by atoms with E-state index in [-0.39, 0.29) is 18.4 Å². The van der Waals surface area contributed by atoms with Crippen LogP contribution in [-0.2, 0) is 9.59 Å². The largest absolute Gasteiger partial charge is 0.481 e. The summed E-state index contributed by atoms with van der Waals surface area (Å²) in [7, 11) is 0. The molecule has 22 heavy (non-hydrogen) atoms. The van der Waals surface area contributed by atoms with Crippen molar-refractivity contribution >= 4 is 27.8 Å². The number of carbonyl (C=O) groups excluding carboxylic acids is 1. The molecule has 0 aromatic heterocycles. The molecule has 4 nitrogen and oxygen atoms in total. The fourth-order valence-electron chi connectivity index (χ4n) is 3.56. The van der Waals surface area contributed by atoms with E-state index >= 15 is 0 Å². The second-order valence-corrected chi connectivity index (χ2v) is 7.33. The van der Waals surface area contributed by atoms with E-state index in [2.05, 4.69) is 15.9 Å². The molecular formula is C17H20BrNO3. The first-order valence-corrected chi connectivity index (χ1v) is 8.59. The molecule has 1 N–H and O–H groups in total. The predicted molar refractivity (Wildman–Crippen MR) is 86.4 cm³/mol. The molecule has 5 heteroatoms. The minimum atomic E-state index is -0.813. The van der Waals surface area contributed by atoms with Gasteiger partial charge < -0.3 is 10.0 Å². The zero-order valence-corrected chi connectivity index (χ0v) is 14.0. The Labute approximate surface area is 138 Å². The number of benzene rings is 1. The van der Waals surface area contributed by atoms with E-state index < -0.39 is 11.4 Å². The van der Waals surface area contributed by atoms with Crippen LogP contribution >= 0.6 is 15.9 Å². The zero-order valence-electron chi connectivity index (χ0n) is 12.4. The third-order valence-electron chi connectivity index (χ3n) is 5.08. The molecule has 1 aliphatic carbocycles. The number of nitrogens with zero attached hydrogens (tertiary/aromatic N) is 1. The first-order valence-electron chi connectivity index (χ1n) is 7.80. The second kappa shape index (κ2) is 6.03. The highest BCUT2D eigenvalue weighted by molar-refractivity contribution is 9.10. The Morgan fingerprint density at radius 3 is 2.45 bits per heavy atom. The lowest BCUT2D eigenvalue weighted by molar-refractivity contribution is -0.159. The van der Waals surface area contributed by atoms with E-state index in [1.54, 1.807) is 0 Å². The molecule has 1 atom stereocenters. The second-order valence-electron chi connectivity index (χ2n) is 6.41. The highest BCUT2D eigenvalue weighted by atomic mass is 79.9. The van der Waals surface area contributed by atoms with Gasteiger partial charge in [0, 0.05) is 17.4 Å².